The lowest BCUT2D eigenvalue weighted by Crippen LogP contribution is -2.27. The molecule has 0 bridgehead atoms. The van der Waals surface area contributed by atoms with Crippen molar-refractivity contribution in [2.45, 2.75) is 12.3 Å². The third kappa shape index (κ3) is 2.08. The standard InChI is InChI=1S/C28H18N2/c1-2-8-17(9-3-1)23-16-18-10-4-5-11-19(18)25-22-15-14-21-20-12-6-7-13-24(20)29-27(21)28(22)30-26(23)25/h1-15,23H,16H2. The van der Waals surface area contributed by atoms with Gasteiger partial charge in [0.25, 0.3) is 0 Å². The van der Waals surface area contributed by atoms with Gasteiger partial charge in [0.1, 0.15) is 0 Å². The summed E-state index contributed by atoms with van der Waals surface area (Å²) in [4.78, 5) is 10.2. The van der Waals surface area contributed by atoms with Crippen LogP contribution in [0.2, 0.25) is 0 Å². The highest BCUT2D eigenvalue weighted by atomic mass is 14.8. The Morgan fingerprint density at radius 3 is 2.17 bits per heavy atom. The first-order valence-electron chi connectivity index (χ1n) is 10.5. The second-order valence-electron chi connectivity index (χ2n) is 8.18. The van der Waals surface area contributed by atoms with Crippen LogP contribution in [0.15, 0.2) is 107 Å². The summed E-state index contributed by atoms with van der Waals surface area (Å²) in [5, 5.41) is 2.05. The van der Waals surface area contributed by atoms with Crippen LogP contribution in [0.1, 0.15) is 28.2 Å². The van der Waals surface area contributed by atoms with Gasteiger partial charge in [0.2, 0.25) is 0 Å². The van der Waals surface area contributed by atoms with Gasteiger partial charge in [-0.2, -0.15) is 0 Å². The third-order valence-corrected chi connectivity index (χ3v) is 6.58. The van der Waals surface area contributed by atoms with E-state index in [-0.39, 0.29) is 5.92 Å². The summed E-state index contributed by atoms with van der Waals surface area (Å²) in [5.74, 6) is 0.267. The van der Waals surface area contributed by atoms with E-state index in [2.05, 4.69) is 91.0 Å². The van der Waals surface area contributed by atoms with E-state index >= 15 is 0 Å². The predicted molar refractivity (Wildman–Crippen MR) is 119 cm³/mol. The molecular formula is C28H18N2. The maximum Gasteiger partial charge on any atom is 0.0979 e. The molecule has 2 aliphatic heterocycles. The maximum atomic E-state index is 5.27. The van der Waals surface area contributed by atoms with Crippen LogP contribution in [-0.4, -0.2) is 0 Å². The van der Waals surface area contributed by atoms with Gasteiger partial charge < -0.3 is 0 Å². The topological polar surface area (TPSA) is 24.7 Å². The van der Waals surface area contributed by atoms with Crippen molar-refractivity contribution in [3.05, 3.63) is 130 Å². The molecule has 4 aromatic rings. The quantitative estimate of drug-likeness (QED) is 0.373. The van der Waals surface area contributed by atoms with Gasteiger partial charge in [0, 0.05) is 28.2 Å². The van der Waals surface area contributed by atoms with E-state index < -0.39 is 0 Å². The molecule has 0 spiro atoms. The lowest BCUT2D eigenvalue weighted by molar-refractivity contribution is 0.763. The molecule has 2 heteroatoms. The summed E-state index contributed by atoms with van der Waals surface area (Å²) >= 11 is 0. The Hall–Kier alpha value is -3.78. The number of hydrogen-bond acceptors (Lipinski definition) is 2. The molecule has 30 heavy (non-hydrogen) atoms. The van der Waals surface area contributed by atoms with E-state index in [1.807, 2.05) is 0 Å². The van der Waals surface area contributed by atoms with Gasteiger partial charge >= 0.3 is 0 Å². The van der Waals surface area contributed by atoms with Crippen molar-refractivity contribution in [3.63, 3.8) is 0 Å². The predicted octanol–water partition coefficient (Wildman–Crippen LogP) is 5.35. The molecule has 1 unspecified atom stereocenters. The van der Waals surface area contributed by atoms with Gasteiger partial charge in [-0.05, 0) is 29.2 Å². The number of benzene rings is 4. The second-order valence-corrected chi connectivity index (χ2v) is 8.18. The van der Waals surface area contributed by atoms with E-state index in [1.54, 1.807) is 0 Å². The average Bonchev–Trinajstić information content (AvgIpc) is 3.38. The fraction of sp³-hybridized carbons (Fsp3) is 0.0714. The minimum atomic E-state index is 0.267. The lowest BCUT2D eigenvalue weighted by atomic mass is 9.78. The number of allylic oxidation sites excluding steroid dienone is 1. The number of fused-ring (bicyclic) bond motifs is 8. The van der Waals surface area contributed by atoms with Crippen molar-refractivity contribution >= 4 is 11.3 Å². The highest BCUT2D eigenvalue weighted by Gasteiger charge is 2.33. The molecule has 0 amide bonds. The molecule has 0 fully saturated rings. The van der Waals surface area contributed by atoms with Crippen molar-refractivity contribution in [2.75, 3.05) is 0 Å². The number of nitrogens with zero attached hydrogens (tertiary/aromatic N) is 2. The molecule has 4 aromatic carbocycles. The molecule has 3 aliphatic rings. The van der Waals surface area contributed by atoms with Crippen LogP contribution < -0.4 is 10.7 Å². The average molecular weight is 382 g/mol. The van der Waals surface area contributed by atoms with Crippen molar-refractivity contribution in [3.8, 4) is 11.1 Å². The summed E-state index contributed by atoms with van der Waals surface area (Å²) in [6, 6.07) is 32.4. The fourth-order valence-corrected chi connectivity index (χ4v) is 5.21. The smallest absolute Gasteiger partial charge is 0.0979 e. The van der Waals surface area contributed by atoms with E-state index in [4.69, 9.17) is 9.98 Å². The molecule has 0 saturated heterocycles. The Kier molecular flexibility index (Phi) is 3.14. The van der Waals surface area contributed by atoms with Gasteiger partial charge in [-0.15, -0.1) is 0 Å². The monoisotopic (exact) mass is 382 g/mol. The number of para-hydroxylation sites is 1. The Balaban J connectivity index is 1.53. The Labute approximate surface area is 174 Å². The summed E-state index contributed by atoms with van der Waals surface area (Å²) < 4.78 is 0. The second kappa shape index (κ2) is 5.87. The van der Waals surface area contributed by atoms with Crippen LogP contribution in [-0.2, 0) is 6.42 Å². The van der Waals surface area contributed by atoms with Crippen LogP contribution >= 0.6 is 0 Å². The molecule has 7 rings (SSSR count). The maximum absolute atomic E-state index is 5.27. The zero-order valence-corrected chi connectivity index (χ0v) is 16.3. The summed E-state index contributed by atoms with van der Waals surface area (Å²) in [6.45, 7) is 0. The van der Waals surface area contributed by atoms with Crippen molar-refractivity contribution in [2.24, 2.45) is 9.98 Å². The van der Waals surface area contributed by atoms with Crippen LogP contribution in [0.5, 0.6) is 0 Å². The van der Waals surface area contributed by atoms with Crippen LogP contribution in [0.4, 0.5) is 5.69 Å². The van der Waals surface area contributed by atoms with Gasteiger partial charge in [-0.3, -0.25) is 0 Å². The van der Waals surface area contributed by atoms with Crippen LogP contribution in [0.3, 0.4) is 0 Å². The molecule has 1 atom stereocenters. The van der Waals surface area contributed by atoms with E-state index in [1.165, 1.54) is 44.7 Å². The molecule has 0 aromatic heterocycles. The Morgan fingerprint density at radius 2 is 1.27 bits per heavy atom. The highest BCUT2D eigenvalue weighted by molar-refractivity contribution is 5.89. The molecule has 0 saturated carbocycles. The number of hydrogen-bond donors (Lipinski definition) is 0. The highest BCUT2D eigenvalue weighted by Crippen LogP contribution is 2.45. The lowest BCUT2D eigenvalue weighted by Gasteiger charge is -2.26. The zero-order chi connectivity index (χ0) is 19.7. The third-order valence-electron chi connectivity index (χ3n) is 6.58. The molecule has 140 valence electrons. The van der Waals surface area contributed by atoms with Gasteiger partial charge in [0.15, 0.2) is 0 Å². The first-order chi connectivity index (χ1) is 14.9. The molecule has 0 N–H and O–H groups in total. The largest absolute Gasteiger partial charge is 0.249 e. The Morgan fingerprint density at radius 1 is 0.567 bits per heavy atom. The van der Waals surface area contributed by atoms with E-state index in [9.17, 15) is 0 Å². The minimum Gasteiger partial charge on any atom is -0.249 e. The molecule has 0 radical (unpaired) electrons. The van der Waals surface area contributed by atoms with E-state index in [0.717, 1.165) is 22.8 Å². The van der Waals surface area contributed by atoms with Gasteiger partial charge in [0.05, 0.1) is 22.1 Å². The normalized spacial score (nSPS) is 17.3. The summed E-state index contributed by atoms with van der Waals surface area (Å²) in [5.41, 5.74) is 11.2. The van der Waals surface area contributed by atoms with Crippen molar-refractivity contribution in [1.29, 1.82) is 0 Å². The zero-order valence-electron chi connectivity index (χ0n) is 16.3. The molecule has 2 heterocycles. The SMILES string of the molecule is c1ccc(C2Cc3ccccc3C3=C2N=c2c3ccc3c2=Nc2ccccc2-3)cc1. The van der Waals surface area contributed by atoms with Gasteiger partial charge in [-0.25, -0.2) is 9.98 Å². The molecule has 1 aliphatic carbocycles. The first-order valence-corrected chi connectivity index (χ1v) is 10.5. The minimum absolute atomic E-state index is 0.267. The fourth-order valence-electron chi connectivity index (χ4n) is 5.21. The summed E-state index contributed by atoms with van der Waals surface area (Å²) in [6.07, 6.45) is 0.982. The summed E-state index contributed by atoms with van der Waals surface area (Å²) in [7, 11) is 0. The number of rotatable bonds is 1. The van der Waals surface area contributed by atoms with Crippen LogP contribution in [0, 0.1) is 0 Å². The van der Waals surface area contributed by atoms with Gasteiger partial charge in [-0.1, -0.05) is 84.9 Å². The molecular weight excluding hydrogens is 364 g/mol. The van der Waals surface area contributed by atoms with Crippen molar-refractivity contribution < 1.29 is 0 Å². The Bertz CT molecular complexity index is 1510. The van der Waals surface area contributed by atoms with Crippen LogP contribution in [0.25, 0.3) is 16.7 Å². The molecule has 2 nitrogen and oxygen atoms in total. The van der Waals surface area contributed by atoms with E-state index in [0.29, 0.717) is 0 Å². The first kappa shape index (κ1) is 16.1. The van der Waals surface area contributed by atoms with Crippen molar-refractivity contribution in [1.82, 2.24) is 0 Å².